The van der Waals surface area contributed by atoms with E-state index in [0.29, 0.717) is 12.8 Å². The van der Waals surface area contributed by atoms with Crippen LogP contribution in [0.5, 0.6) is 0 Å². The minimum Gasteiger partial charge on any atom is -0.481 e. The topological polar surface area (TPSA) is 264 Å². The van der Waals surface area contributed by atoms with Gasteiger partial charge in [-0.05, 0) is 25.7 Å². The van der Waals surface area contributed by atoms with Gasteiger partial charge in [-0.1, -0.05) is 0 Å². The molecule has 0 aliphatic carbocycles. The number of aliphatic hydroxyl groups is 1. The van der Waals surface area contributed by atoms with Crippen molar-refractivity contribution < 1.29 is 39.3 Å². The third kappa shape index (κ3) is 8.89. The van der Waals surface area contributed by atoms with Gasteiger partial charge in [0.1, 0.15) is 18.1 Å². The average Bonchev–Trinajstić information content (AvgIpc) is 3.22. The van der Waals surface area contributed by atoms with E-state index in [1.807, 2.05) is 0 Å². The molecule has 0 aromatic heterocycles. The highest BCUT2D eigenvalue weighted by molar-refractivity contribution is 5.96. The molecule has 1 saturated heterocycles. The minimum absolute atomic E-state index is 0.102. The molecule has 1 aliphatic heterocycles. The van der Waals surface area contributed by atoms with Gasteiger partial charge in [-0.2, -0.15) is 0 Å². The minimum atomic E-state index is -1.55. The molecule has 1 rings (SSSR count). The number of hydrogen-bond acceptors (Lipinski definition) is 8. The Hall–Kier alpha value is -3.46. The fourth-order valence-corrected chi connectivity index (χ4v) is 3.26. The van der Waals surface area contributed by atoms with Crippen molar-refractivity contribution in [3.63, 3.8) is 0 Å². The van der Waals surface area contributed by atoms with E-state index >= 15 is 0 Å². The Kier molecular flexibility index (Phi) is 11.0. The Bertz CT molecular complexity index is 771. The molecule has 15 nitrogen and oxygen atoms in total. The third-order valence-corrected chi connectivity index (χ3v) is 4.93. The number of carboxylic acids is 2. The quantitative estimate of drug-likeness (QED) is 0.0723. The number of aliphatic carboxylic acids is 2. The van der Waals surface area contributed by atoms with E-state index in [2.05, 4.69) is 15.6 Å². The van der Waals surface area contributed by atoms with Gasteiger partial charge in [0.25, 0.3) is 0 Å². The molecule has 1 fully saturated rings. The summed E-state index contributed by atoms with van der Waals surface area (Å²) in [5.74, 6) is -5.30. The van der Waals surface area contributed by atoms with Crippen molar-refractivity contribution in [1.29, 1.82) is 0 Å². The smallest absolute Gasteiger partial charge is 0.328 e. The maximum Gasteiger partial charge on any atom is 0.328 e. The Balaban J connectivity index is 2.85. The van der Waals surface area contributed by atoms with Gasteiger partial charge in [-0.25, -0.2) is 4.79 Å². The Labute approximate surface area is 189 Å². The lowest BCUT2D eigenvalue weighted by Crippen LogP contribution is -2.57. The molecule has 15 heteroatoms. The number of nitrogens with zero attached hydrogens (tertiary/aromatic N) is 2. The van der Waals surface area contributed by atoms with Crippen molar-refractivity contribution in [2.45, 2.75) is 56.3 Å². The van der Waals surface area contributed by atoms with Crippen LogP contribution in [0.1, 0.15) is 32.1 Å². The van der Waals surface area contributed by atoms with Gasteiger partial charge >= 0.3 is 11.9 Å². The maximum atomic E-state index is 13.0. The molecular formula is C18H31N7O8. The number of aliphatic hydroxyl groups excluding tert-OH is 1. The molecule has 0 aromatic rings. The summed E-state index contributed by atoms with van der Waals surface area (Å²) < 4.78 is 0. The zero-order valence-electron chi connectivity index (χ0n) is 18.0. The lowest BCUT2D eigenvalue weighted by atomic mass is 10.1. The van der Waals surface area contributed by atoms with Gasteiger partial charge in [0.05, 0.1) is 19.1 Å². The molecule has 186 valence electrons. The fourth-order valence-electron chi connectivity index (χ4n) is 3.26. The predicted octanol–water partition coefficient (Wildman–Crippen LogP) is -4.12. The molecule has 1 heterocycles. The van der Waals surface area contributed by atoms with E-state index in [9.17, 15) is 29.1 Å². The molecular weight excluding hydrogens is 442 g/mol. The summed E-state index contributed by atoms with van der Waals surface area (Å²) in [7, 11) is 0. The van der Waals surface area contributed by atoms with Crippen LogP contribution in [-0.4, -0.2) is 99.7 Å². The number of nitrogens with one attached hydrogen (secondary N) is 2. The van der Waals surface area contributed by atoms with Crippen LogP contribution < -0.4 is 27.8 Å². The summed E-state index contributed by atoms with van der Waals surface area (Å²) in [5, 5.41) is 31.7. The first kappa shape index (κ1) is 27.6. The second-order valence-electron chi connectivity index (χ2n) is 7.49. The van der Waals surface area contributed by atoms with Crippen LogP contribution in [-0.2, 0) is 24.0 Å². The number of guanidine groups is 1. The number of nitrogens with two attached hydrogens (primary N) is 3. The Morgan fingerprint density at radius 1 is 1.09 bits per heavy atom. The van der Waals surface area contributed by atoms with Crippen LogP contribution >= 0.6 is 0 Å². The highest BCUT2D eigenvalue weighted by atomic mass is 16.4. The Morgan fingerprint density at radius 3 is 2.30 bits per heavy atom. The van der Waals surface area contributed by atoms with E-state index in [1.54, 1.807) is 0 Å². The van der Waals surface area contributed by atoms with Crippen molar-refractivity contribution in [2.24, 2.45) is 22.2 Å². The number of hydrogen-bond donors (Lipinski definition) is 8. The van der Waals surface area contributed by atoms with Crippen LogP contribution in [0.25, 0.3) is 0 Å². The maximum absolute atomic E-state index is 13.0. The molecule has 0 aromatic carbocycles. The normalized spacial score (nSPS) is 18.0. The van der Waals surface area contributed by atoms with Gasteiger partial charge in [0, 0.05) is 13.1 Å². The summed E-state index contributed by atoms with van der Waals surface area (Å²) >= 11 is 0. The average molecular weight is 473 g/mol. The molecule has 4 unspecified atom stereocenters. The predicted molar refractivity (Wildman–Crippen MR) is 113 cm³/mol. The van der Waals surface area contributed by atoms with Crippen LogP contribution in [0.2, 0.25) is 0 Å². The zero-order chi connectivity index (χ0) is 25.1. The first-order chi connectivity index (χ1) is 15.5. The van der Waals surface area contributed by atoms with E-state index in [1.165, 1.54) is 0 Å². The molecule has 0 radical (unpaired) electrons. The zero-order valence-corrected chi connectivity index (χ0v) is 18.0. The van der Waals surface area contributed by atoms with Crippen molar-refractivity contribution in [2.75, 3.05) is 19.7 Å². The third-order valence-electron chi connectivity index (χ3n) is 4.93. The summed E-state index contributed by atoms with van der Waals surface area (Å²) in [6, 6.07) is -5.17. The summed E-state index contributed by atoms with van der Waals surface area (Å²) in [6.45, 7) is -0.513. The Morgan fingerprint density at radius 2 is 1.76 bits per heavy atom. The van der Waals surface area contributed by atoms with Crippen molar-refractivity contribution >= 4 is 35.6 Å². The first-order valence-electron chi connectivity index (χ1n) is 10.3. The van der Waals surface area contributed by atoms with Crippen molar-refractivity contribution in [1.82, 2.24) is 15.5 Å². The number of likely N-dealkylation sites (tertiary alicyclic amines) is 1. The largest absolute Gasteiger partial charge is 0.481 e. The lowest BCUT2D eigenvalue weighted by Gasteiger charge is -2.29. The SMILES string of the molecule is NC(N)=NCCCC(N)C(=O)NC(CC(=O)O)C(=O)N1CCCC1C(=O)NC(CO)C(=O)O. The standard InChI is InChI=1S/C18H31N7O8/c19-9(3-1-5-22-18(20)21)14(29)23-10(7-13(27)28)16(31)25-6-2-4-12(25)15(30)24-11(8-26)17(32)33/h9-12,26H,1-8,19H2,(H,23,29)(H,24,30)(H,27,28)(H,32,33)(H4,20,21,22). The van der Waals surface area contributed by atoms with Gasteiger partial charge in [-0.3, -0.25) is 24.2 Å². The highest BCUT2D eigenvalue weighted by Crippen LogP contribution is 2.19. The molecule has 4 atom stereocenters. The number of aliphatic imine (C=N–C) groups is 1. The van der Waals surface area contributed by atoms with Crippen LogP contribution in [0.15, 0.2) is 4.99 Å². The van der Waals surface area contributed by atoms with Crippen molar-refractivity contribution in [3.05, 3.63) is 0 Å². The first-order valence-corrected chi connectivity index (χ1v) is 10.3. The van der Waals surface area contributed by atoms with Crippen molar-refractivity contribution in [3.8, 4) is 0 Å². The number of rotatable bonds is 13. The van der Waals surface area contributed by atoms with Crippen LogP contribution in [0.3, 0.4) is 0 Å². The van der Waals surface area contributed by atoms with Gasteiger partial charge in [0.15, 0.2) is 5.96 Å². The second-order valence-corrected chi connectivity index (χ2v) is 7.49. The van der Waals surface area contributed by atoms with Gasteiger partial charge in [-0.15, -0.1) is 0 Å². The number of carbonyl (C=O) groups is 5. The molecule has 0 bridgehead atoms. The molecule has 11 N–H and O–H groups in total. The van der Waals surface area contributed by atoms with Gasteiger partial charge < -0.3 is 48.1 Å². The van der Waals surface area contributed by atoms with E-state index in [4.69, 9.17) is 27.4 Å². The summed E-state index contributed by atoms with van der Waals surface area (Å²) in [6.07, 6.45) is 0.397. The monoisotopic (exact) mass is 473 g/mol. The van der Waals surface area contributed by atoms with E-state index < -0.39 is 66.9 Å². The lowest BCUT2D eigenvalue weighted by molar-refractivity contribution is -0.147. The van der Waals surface area contributed by atoms with E-state index in [-0.39, 0.29) is 31.9 Å². The summed E-state index contributed by atoms with van der Waals surface area (Å²) in [4.78, 5) is 65.0. The number of amides is 3. The molecule has 0 saturated carbocycles. The molecule has 1 aliphatic rings. The molecule has 33 heavy (non-hydrogen) atoms. The molecule has 0 spiro atoms. The summed E-state index contributed by atoms with van der Waals surface area (Å²) in [5.41, 5.74) is 16.2. The number of carboxylic acid groups (broad SMARTS) is 2. The fraction of sp³-hybridized carbons (Fsp3) is 0.667. The van der Waals surface area contributed by atoms with E-state index in [0.717, 1.165) is 4.90 Å². The highest BCUT2D eigenvalue weighted by Gasteiger charge is 2.39. The van der Waals surface area contributed by atoms with Crippen LogP contribution in [0, 0.1) is 0 Å². The second kappa shape index (κ2) is 13.2. The number of carbonyl (C=O) groups excluding carboxylic acids is 3. The van der Waals surface area contributed by atoms with Crippen LogP contribution in [0.4, 0.5) is 0 Å². The van der Waals surface area contributed by atoms with Gasteiger partial charge in [0.2, 0.25) is 17.7 Å². The molecule has 3 amide bonds.